The first-order chi connectivity index (χ1) is 16.3. The Balaban J connectivity index is 1.62. The van der Waals surface area contributed by atoms with Gasteiger partial charge in [0.15, 0.2) is 0 Å². The third-order valence-electron chi connectivity index (χ3n) is 5.10. The Morgan fingerprint density at radius 2 is 1.85 bits per heavy atom. The number of aryl methyl sites for hydroxylation is 1. The lowest BCUT2D eigenvalue weighted by molar-refractivity contribution is 0.414. The maximum absolute atomic E-state index is 13.0. The van der Waals surface area contributed by atoms with Gasteiger partial charge in [-0.25, -0.2) is 17.8 Å². The Kier molecular flexibility index (Phi) is 6.70. The fraction of sp³-hybridized carbons (Fsp3) is 0.167. The van der Waals surface area contributed by atoms with Crippen LogP contribution >= 0.6 is 11.3 Å². The van der Waals surface area contributed by atoms with Crippen molar-refractivity contribution in [1.29, 1.82) is 0 Å². The van der Waals surface area contributed by atoms with Crippen LogP contribution in [0.15, 0.2) is 75.3 Å². The first kappa shape index (κ1) is 23.5. The highest BCUT2D eigenvalue weighted by atomic mass is 32.2. The minimum absolute atomic E-state index is 0.0464. The molecule has 0 amide bonds. The van der Waals surface area contributed by atoms with E-state index >= 15 is 0 Å². The molecule has 0 aliphatic heterocycles. The van der Waals surface area contributed by atoms with Gasteiger partial charge in [-0.1, -0.05) is 42.2 Å². The van der Waals surface area contributed by atoms with Gasteiger partial charge in [-0.2, -0.15) is 4.72 Å². The van der Waals surface area contributed by atoms with E-state index < -0.39 is 27.9 Å². The Morgan fingerprint density at radius 1 is 1.09 bits per heavy atom. The molecule has 1 N–H and O–H groups in total. The molecule has 0 radical (unpaired) electrons. The van der Waals surface area contributed by atoms with Gasteiger partial charge in [0.2, 0.25) is 10.0 Å². The number of hydrogen-bond donors (Lipinski definition) is 1. The summed E-state index contributed by atoms with van der Waals surface area (Å²) in [7, 11) is -2.28. The first-order valence-electron chi connectivity index (χ1n) is 10.2. The highest BCUT2D eigenvalue weighted by Crippen LogP contribution is 2.18. The molecule has 2 aromatic carbocycles. The summed E-state index contributed by atoms with van der Waals surface area (Å²) in [4.78, 5) is 26.9. The Bertz CT molecular complexity index is 1640. The maximum Gasteiger partial charge on any atom is 0.337 e. The highest BCUT2D eigenvalue weighted by Gasteiger charge is 2.17. The summed E-state index contributed by atoms with van der Waals surface area (Å²) < 4.78 is 34.7. The fourth-order valence-corrected chi connectivity index (χ4v) is 5.25. The lowest BCUT2D eigenvalue weighted by atomic mass is 10.1. The second-order valence-corrected chi connectivity index (χ2v) is 10.2. The summed E-state index contributed by atoms with van der Waals surface area (Å²) in [5.41, 5.74) is 0.132. The van der Waals surface area contributed by atoms with Crippen molar-refractivity contribution in [2.75, 3.05) is 7.11 Å². The van der Waals surface area contributed by atoms with Gasteiger partial charge in [0.05, 0.1) is 23.6 Å². The maximum atomic E-state index is 13.0. The van der Waals surface area contributed by atoms with Gasteiger partial charge in [-0.05, 0) is 36.8 Å². The molecule has 0 fully saturated rings. The quantitative estimate of drug-likeness (QED) is 0.414. The van der Waals surface area contributed by atoms with Crippen molar-refractivity contribution in [3.05, 3.63) is 97.6 Å². The SMILES string of the molecule is COc1cccc(CC#Cc2cn3c(=O)n(CNS(=O)(=O)c4ccccc4)c(=O)c(C)c3s2)c1. The predicted molar refractivity (Wildman–Crippen MR) is 131 cm³/mol. The fourth-order valence-electron chi connectivity index (χ4n) is 3.31. The first-order valence-corrected chi connectivity index (χ1v) is 12.5. The lowest BCUT2D eigenvalue weighted by Gasteiger charge is -2.09. The van der Waals surface area contributed by atoms with Gasteiger partial charge in [-0.3, -0.25) is 9.20 Å². The second kappa shape index (κ2) is 9.69. The number of thiazole rings is 1. The van der Waals surface area contributed by atoms with E-state index in [1.807, 2.05) is 24.3 Å². The molecule has 0 saturated heterocycles. The Hall–Kier alpha value is -3.65. The number of sulfonamides is 1. The van der Waals surface area contributed by atoms with Crippen LogP contribution in [0.3, 0.4) is 0 Å². The normalized spacial score (nSPS) is 11.2. The molecule has 0 aliphatic carbocycles. The van der Waals surface area contributed by atoms with E-state index in [1.54, 1.807) is 38.4 Å². The number of rotatable bonds is 6. The minimum atomic E-state index is -3.88. The van der Waals surface area contributed by atoms with Crippen LogP contribution in [0, 0.1) is 18.8 Å². The molecule has 0 unspecified atom stereocenters. The van der Waals surface area contributed by atoms with Crippen LogP contribution in [0.5, 0.6) is 5.75 Å². The summed E-state index contributed by atoms with van der Waals surface area (Å²) in [5.74, 6) is 6.86. The summed E-state index contributed by atoms with van der Waals surface area (Å²) in [6.45, 7) is 1.12. The zero-order valence-corrected chi connectivity index (χ0v) is 20.1. The smallest absolute Gasteiger partial charge is 0.337 e. The van der Waals surface area contributed by atoms with Gasteiger partial charge >= 0.3 is 5.69 Å². The number of nitrogens with one attached hydrogen (secondary N) is 1. The standard InChI is InChI=1S/C24H21N3O5S2/c1-17-22(28)27(16-25-34(30,31)21-12-4-3-5-13-21)24(29)26-15-20(33-23(17)26)11-7-9-18-8-6-10-19(14-18)32-2/h3-6,8,10,12-15,25H,9,16H2,1-2H3. The molecule has 0 atom stereocenters. The van der Waals surface area contributed by atoms with Crippen LogP contribution in [0.2, 0.25) is 0 Å². The molecule has 174 valence electrons. The van der Waals surface area contributed by atoms with Crippen molar-refractivity contribution in [3.63, 3.8) is 0 Å². The number of fused-ring (bicyclic) bond motifs is 1. The molecule has 4 aromatic rings. The van der Waals surface area contributed by atoms with Crippen molar-refractivity contribution in [2.45, 2.75) is 24.9 Å². The molecule has 10 heteroatoms. The molecule has 0 spiro atoms. The summed E-state index contributed by atoms with van der Waals surface area (Å²) in [5, 5.41) is 0. The molecule has 34 heavy (non-hydrogen) atoms. The van der Waals surface area contributed by atoms with Gasteiger partial charge in [0.1, 0.15) is 10.6 Å². The van der Waals surface area contributed by atoms with E-state index in [2.05, 4.69) is 16.6 Å². The van der Waals surface area contributed by atoms with E-state index in [0.717, 1.165) is 15.9 Å². The number of aromatic nitrogens is 2. The van der Waals surface area contributed by atoms with Gasteiger partial charge < -0.3 is 4.74 Å². The van der Waals surface area contributed by atoms with Crippen LogP contribution in [-0.4, -0.2) is 24.5 Å². The number of ether oxygens (including phenoxy) is 1. The van der Waals surface area contributed by atoms with E-state index in [0.29, 0.717) is 21.7 Å². The number of benzene rings is 2. The molecule has 0 bridgehead atoms. The van der Waals surface area contributed by atoms with E-state index in [-0.39, 0.29) is 4.90 Å². The van der Waals surface area contributed by atoms with E-state index in [1.165, 1.54) is 27.9 Å². The van der Waals surface area contributed by atoms with Crippen molar-refractivity contribution in [3.8, 4) is 17.6 Å². The third-order valence-corrected chi connectivity index (χ3v) is 7.63. The average Bonchev–Trinajstić information content (AvgIpc) is 3.28. The molecule has 0 saturated carbocycles. The Morgan fingerprint density at radius 3 is 2.59 bits per heavy atom. The monoisotopic (exact) mass is 495 g/mol. The third kappa shape index (κ3) is 4.82. The summed E-state index contributed by atoms with van der Waals surface area (Å²) in [6, 6.07) is 15.3. The molecular weight excluding hydrogens is 474 g/mol. The average molecular weight is 496 g/mol. The predicted octanol–water partition coefficient (Wildman–Crippen LogP) is 2.37. The molecule has 4 rings (SSSR count). The van der Waals surface area contributed by atoms with Crippen LogP contribution in [0.4, 0.5) is 0 Å². The van der Waals surface area contributed by atoms with Crippen molar-refractivity contribution in [2.24, 2.45) is 0 Å². The van der Waals surface area contributed by atoms with Crippen molar-refractivity contribution >= 4 is 26.2 Å². The molecule has 2 heterocycles. The van der Waals surface area contributed by atoms with E-state index in [4.69, 9.17) is 4.74 Å². The molecule has 8 nitrogen and oxygen atoms in total. The topological polar surface area (TPSA) is 98.9 Å². The molecule has 2 aromatic heterocycles. The van der Waals surface area contributed by atoms with Gasteiger partial charge in [0, 0.05) is 18.2 Å². The zero-order chi connectivity index (χ0) is 24.3. The minimum Gasteiger partial charge on any atom is -0.497 e. The summed E-state index contributed by atoms with van der Waals surface area (Å²) >= 11 is 1.24. The number of methoxy groups -OCH3 is 1. The van der Waals surface area contributed by atoms with Gasteiger partial charge in [0.25, 0.3) is 5.56 Å². The van der Waals surface area contributed by atoms with Crippen LogP contribution < -0.4 is 20.7 Å². The summed E-state index contributed by atoms with van der Waals surface area (Å²) in [6.07, 6.45) is 2.06. The molecular formula is C24H21N3O5S2. The highest BCUT2D eigenvalue weighted by molar-refractivity contribution is 7.89. The van der Waals surface area contributed by atoms with E-state index in [9.17, 15) is 18.0 Å². The van der Waals surface area contributed by atoms with Gasteiger partial charge in [-0.15, -0.1) is 11.3 Å². The van der Waals surface area contributed by atoms with Crippen LogP contribution in [0.25, 0.3) is 4.83 Å². The molecule has 0 aliphatic rings. The van der Waals surface area contributed by atoms with Crippen LogP contribution in [0.1, 0.15) is 16.0 Å². The lowest BCUT2D eigenvalue weighted by Crippen LogP contribution is -2.43. The number of nitrogens with zero attached hydrogens (tertiary/aromatic N) is 2. The zero-order valence-electron chi connectivity index (χ0n) is 18.4. The van der Waals surface area contributed by atoms with Crippen molar-refractivity contribution < 1.29 is 13.2 Å². The number of hydrogen-bond acceptors (Lipinski definition) is 6. The second-order valence-electron chi connectivity index (χ2n) is 7.36. The van der Waals surface area contributed by atoms with Crippen molar-refractivity contribution in [1.82, 2.24) is 13.7 Å². The largest absolute Gasteiger partial charge is 0.497 e. The Labute approximate surface area is 200 Å². The van der Waals surface area contributed by atoms with Crippen LogP contribution in [-0.2, 0) is 23.1 Å².